The molecule has 0 unspecified atom stereocenters. The Labute approximate surface area is 122 Å². The van der Waals surface area contributed by atoms with Crippen molar-refractivity contribution in [3.8, 4) is 0 Å². The molecule has 1 fully saturated rings. The minimum absolute atomic E-state index is 0.0281. The van der Waals surface area contributed by atoms with Gasteiger partial charge in [-0.2, -0.15) is 0 Å². The van der Waals surface area contributed by atoms with Crippen LogP contribution in [-0.2, 0) is 6.54 Å². The molecule has 1 aliphatic rings. The van der Waals surface area contributed by atoms with Gasteiger partial charge >= 0.3 is 0 Å². The molecule has 104 valence electrons. The second-order valence-corrected chi connectivity index (χ2v) is 5.21. The van der Waals surface area contributed by atoms with E-state index in [4.69, 9.17) is 0 Å². The number of carbonyl (C=O) groups excluding carboxylic acids is 1. The Morgan fingerprint density at radius 1 is 1.47 bits per heavy atom. The van der Waals surface area contributed by atoms with Crippen LogP contribution in [0.2, 0.25) is 0 Å². The van der Waals surface area contributed by atoms with E-state index in [2.05, 4.69) is 3.53 Å². The summed E-state index contributed by atoms with van der Waals surface area (Å²) in [6.07, 6.45) is -0.320. The zero-order valence-corrected chi connectivity index (χ0v) is 12.1. The van der Waals surface area contributed by atoms with Crippen LogP contribution >= 0.6 is 22.9 Å². The Bertz CT molecular complexity index is 496. The molecular weight excluding hydrogens is 372 g/mol. The second-order valence-electron chi connectivity index (χ2n) is 4.44. The molecule has 1 amide bonds. The lowest BCUT2D eigenvalue weighted by molar-refractivity contribution is 0.0120. The third kappa shape index (κ3) is 3.38. The van der Waals surface area contributed by atoms with Crippen molar-refractivity contribution in [1.29, 1.82) is 0 Å². The fourth-order valence-electron chi connectivity index (χ4n) is 2.07. The van der Waals surface area contributed by atoms with Crippen molar-refractivity contribution in [2.24, 2.45) is 0 Å². The molecule has 1 aromatic carbocycles. The molecule has 19 heavy (non-hydrogen) atoms. The van der Waals surface area contributed by atoms with Gasteiger partial charge in [0.15, 0.2) is 0 Å². The van der Waals surface area contributed by atoms with Crippen molar-refractivity contribution < 1.29 is 18.0 Å². The van der Waals surface area contributed by atoms with Gasteiger partial charge in [0.05, 0.1) is 6.54 Å². The van der Waals surface area contributed by atoms with Gasteiger partial charge in [0.2, 0.25) is 0 Å². The van der Waals surface area contributed by atoms with Crippen LogP contribution < -0.4 is 3.53 Å². The quantitative estimate of drug-likeness (QED) is 0.642. The van der Waals surface area contributed by atoms with Crippen LogP contribution in [-0.4, -0.2) is 29.8 Å². The van der Waals surface area contributed by atoms with Gasteiger partial charge in [0, 0.05) is 47.9 Å². The molecule has 2 rings (SSSR count). The number of benzene rings is 1. The zero-order valence-electron chi connectivity index (χ0n) is 9.93. The molecule has 1 aliphatic heterocycles. The molecular formula is C12H12F3IN2O. The van der Waals surface area contributed by atoms with Crippen LogP contribution in [0.15, 0.2) is 18.2 Å². The zero-order chi connectivity index (χ0) is 14.0. The maximum absolute atomic E-state index is 13.2. The number of carbonyl (C=O) groups is 1. The first kappa shape index (κ1) is 14.6. The molecule has 1 heterocycles. The van der Waals surface area contributed by atoms with Gasteiger partial charge in [0.25, 0.3) is 11.8 Å². The Kier molecular flexibility index (Phi) is 4.34. The fourth-order valence-corrected chi connectivity index (χ4v) is 2.48. The highest BCUT2D eigenvalue weighted by atomic mass is 127. The van der Waals surface area contributed by atoms with Gasteiger partial charge in [-0.25, -0.2) is 13.2 Å². The molecule has 1 aromatic rings. The normalized spacial score (nSPS) is 17.8. The molecule has 0 radical (unpaired) electrons. The highest BCUT2D eigenvalue weighted by Crippen LogP contribution is 2.28. The van der Waals surface area contributed by atoms with Crippen LogP contribution in [0.1, 0.15) is 22.3 Å². The molecule has 0 atom stereocenters. The van der Waals surface area contributed by atoms with E-state index in [0.29, 0.717) is 12.1 Å². The number of hydrogen-bond donors (Lipinski definition) is 1. The minimum atomic E-state index is -2.82. The van der Waals surface area contributed by atoms with Crippen molar-refractivity contribution in [2.75, 3.05) is 13.1 Å². The van der Waals surface area contributed by atoms with E-state index in [0.717, 1.165) is 11.0 Å². The van der Waals surface area contributed by atoms with E-state index in [-0.39, 0.29) is 18.5 Å². The van der Waals surface area contributed by atoms with Gasteiger partial charge in [-0.15, -0.1) is 0 Å². The average Bonchev–Trinajstić information content (AvgIpc) is 2.70. The minimum Gasteiger partial charge on any atom is -0.332 e. The number of nitrogens with one attached hydrogen (secondary N) is 1. The first-order valence-corrected chi connectivity index (χ1v) is 6.80. The maximum Gasteiger partial charge on any atom is 0.267 e. The number of alkyl halides is 2. The number of rotatable bonds is 3. The molecule has 1 N–H and O–H groups in total. The monoisotopic (exact) mass is 384 g/mol. The van der Waals surface area contributed by atoms with Gasteiger partial charge in [-0.1, -0.05) is 0 Å². The topological polar surface area (TPSA) is 32.3 Å². The lowest BCUT2D eigenvalue weighted by Gasteiger charge is -2.18. The van der Waals surface area contributed by atoms with Gasteiger partial charge in [-0.3, -0.25) is 8.32 Å². The summed E-state index contributed by atoms with van der Waals surface area (Å²) in [7, 11) is 0. The summed E-state index contributed by atoms with van der Waals surface area (Å²) in [5, 5.41) is 0. The van der Waals surface area contributed by atoms with E-state index in [1.807, 2.05) is 22.9 Å². The third-order valence-corrected chi connectivity index (χ3v) is 3.39. The van der Waals surface area contributed by atoms with Gasteiger partial charge < -0.3 is 4.90 Å². The molecule has 1 saturated heterocycles. The maximum atomic E-state index is 13.2. The van der Waals surface area contributed by atoms with Crippen LogP contribution in [0, 0.1) is 5.82 Å². The largest absolute Gasteiger partial charge is 0.332 e. The molecule has 3 nitrogen and oxygen atoms in total. The van der Waals surface area contributed by atoms with Crippen LogP contribution in [0.3, 0.4) is 0 Å². The van der Waals surface area contributed by atoms with Crippen molar-refractivity contribution in [1.82, 2.24) is 8.43 Å². The van der Waals surface area contributed by atoms with Crippen molar-refractivity contribution in [3.63, 3.8) is 0 Å². The Hall–Kier alpha value is -0.830. The smallest absolute Gasteiger partial charge is 0.267 e. The summed E-state index contributed by atoms with van der Waals surface area (Å²) in [5.41, 5.74) is 0.734. The van der Waals surface area contributed by atoms with E-state index in [9.17, 15) is 18.0 Å². The lowest BCUT2D eigenvalue weighted by Crippen LogP contribution is -2.32. The van der Waals surface area contributed by atoms with E-state index < -0.39 is 24.2 Å². The molecule has 0 spiro atoms. The summed E-state index contributed by atoms with van der Waals surface area (Å²) in [5.74, 6) is -3.75. The Morgan fingerprint density at radius 2 is 2.21 bits per heavy atom. The highest BCUT2D eigenvalue weighted by molar-refractivity contribution is 14.1. The number of hydrogen-bond acceptors (Lipinski definition) is 2. The first-order chi connectivity index (χ1) is 8.93. The lowest BCUT2D eigenvalue weighted by atomic mass is 10.1. The molecule has 0 bridgehead atoms. The van der Waals surface area contributed by atoms with Gasteiger partial charge in [-0.05, 0) is 23.8 Å². The molecule has 0 aliphatic carbocycles. The van der Waals surface area contributed by atoms with Crippen molar-refractivity contribution in [2.45, 2.75) is 18.9 Å². The number of likely N-dealkylation sites (tertiary alicyclic amines) is 1. The first-order valence-electron chi connectivity index (χ1n) is 5.72. The predicted molar refractivity (Wildman–Crippen MR) is 72.7 cm³/mol. The summed E-state index contributed by atoms with van der Waals surface area (Å²) in [4.78, 5) is 13.3. The Morgan fingerprint density at radius 3 is 2.79 bits per heavy atom. The molecule has 0 saturated carbocycles. The van der Waals surface area contributed by atoms with Crippen molar-refractivity contribution in [3.05, 3.63) is 35.1 Å². The van der Waals surface area contributed by atoms with Crippen LogP contribution in [0.4, 0.5) is 13.2 Å². The number of halogens is 4. The average molecular weight is 384 g/mol. The Balaban J connectivity index is 2.24. The summed E-state index contributed by atoms with van der Waals surface area (Å²) in [6, 6.07) is 3.75. The molecule has 7 heteroatoms. The van der Waals surface area contributed by atoms with E-state index in [1.54, 1.807) is 0 Å². The summed E-state index contributed by atoms with van der Waals surface area (Å²) >= 11 is 1.88. The predicted octanol–water partition coefficient (Wildman–Crippen LogP) is 2.75. The highest BCUT2D eigenvalue weighted by Gasteiger charge is 2.40. The van der Waals surface area contributed by atoms with Crippen molar-refractivity contribution >= 4 is 28.8 Å². The van der Waals surface area contributed by atoms with E-state index >= 15 is 0 Å². The summed E-state index contributed by atoms with van der Waals surface area (Å²) < 4.78 is 42.2. The van der Waals surface area contributed by atoms with Crippen LogP contribution in [0.25, 0.3) is 0 Å². The molecule has 0 aromatic heterocycles. The second kappa shape index (κ2) is 5.66. The SMILES string of the molecule is O=C(c1ccc(F)cc1CNI)N1CCC(F)(F)C1. The van der Waals surface area contributed by atoms with Gasteiger partial charge in [0.1, 0.15) is 5.82 Å². The standard InChI is InChI=1S/C12H12F3IN2O/c13-9-1-2-10(8(5-9)6-17-16)11(19)18-4-3-12(14,15)7-18/h1-2,5,17H,3-4,6-7H2. The van der Waals surface area contributed by atoms with Crippen LogP contribution in [0.5, 0.6) is 0 Å². The van der Waals surface area contributed by atoms with E-state index in [1.165, 1.54) is 12.1 Å². The number of amides is 1. The third-order valence-electron chi connectivity index (χ3n) is 3.01. The fraction of sp³-hybridized carbons (Fsp3) is 0.417. The summed E-state index contributed by atoms with van der Waals surface area (Å²) in [6.45, 7) is -0.246. The number of nitrogens with zero attached hydrogens (tertiary/aromatic N) is 1.